The number of amides is 2. The van der Waals surface area contributed by atoms with Crippen LogP contribution in [0.4, 0.5) is 14.5 Å². The average molecular weight is 399 g/mol. The third-order valence-electron chi connectivity index (χ3n) is 5.94. The van der Waals surface area contributed by atoms with Crippen LogP contribution in [0.1, 0.15) is 54.1 Å². The molecule has 1 aromatic carbocycles. The van der Waals surface area contributed by atoms with Crippen molar-refractivity contribution >= 4 is 23.1 Å². The van der Waals surface area contributed by atoms with Gasteiger partial charge in [-0.05, 0) is 55.7 Å². The Balaban J connectivity index is 1.74. The van der Waals surface area contributed by atoms with E-state index in [0.29, 0.717) is 17.7 Å². The summed E-state index contributed by atoms with van der Waals surface area (Å²) in [5, 5.41) is 2.71. The van der Waals surface area contributed by atoms with Crippen LogP contribution in [0.3, 0.4) is 0 Å². The first-order valence-corrected chi connectivity index (χ1v) is 9.87. The third kappa shape index (κ3) is 3.48. The smallest absolute Gasteiger partial charge is 0.296 e. The van der Waals surface area contributed by atoms with Crippen molar-refractivity contribution in [1.29, 1.82) is 0 Å². The number of anilines is 1. The van der Waals surface area contributed by atoms with E-state index in [-0.39, 0.29) is 25.1 Å². The zero-order valence-electron chi connectivity index (χ0n) is 16.3. The van der Waals surface area contributed by atoms with E-state index in [4.69, 9.17) is 5.73 Å². The molecule has 1 aromatic rings. The first-order chi connectivity index (χ1) is 13.9. The molecule has 1 saturated heterocycles. The van der Waals surface area contributed by atoms with E-state index in [0.717, 1.165) is 30.4 Å². The van der Waals surface area contributed by atoms with Crippen molar-refractivity contribution in [3.05, 3.63) is 34.1 Å². The minimum absolute atomic E-state index is 0.0354. The number of carbonyl (C=O) groups excluding carboxylic acids is 2. The van der Waals surface area contributed by atoms with E-state index >= 15 is 4.39 Å². The largest absolute Gasteiger partial charge is 0.366 e. The van der Waals surface area contributed by atoms with Crippen LogP contribution in [0.2, 0.25) is 0 Å². The summed E-state index contributed by atoms with van der Waals surface area (Å²) in [7, 11) is 0. The summed E-state index contributed by atoms with van der Waals surface area (Å²) in [6.07, 6.45) is 2.26. The van der Waals surface area contributed by atoms with Gasteiger partial charge in [0.25, 0.3) is 5.91 Å². The van der Waals surface area contributed by atoms with Crippen LogP contribution >= 0.6 is 0 Å². The summed E-state index contributed by atoms with van der Waals surface area (Å²) in [5.74, 6) is 3.21. The number of nitrogens with two attached hydrogens (primary N) is 1. The molecule has 4 rings (SSSR count). The van der Waals surface area contributed by atoms with E-state index in [1.165, 1.54) is 11.6 Å². The Bertz CT molecular complexity index is 990. The molecule has 1 aliphatic heterocycles. The van der Waals surface area contributed by atoms with Gasteiger partial charge in [-0.3, -0.25) is 9.59 Å². The Morgan fingerprint density at radius 1 is 1.31 bits per heavy atom. The van der Waals surface area contributed by atoms with Gasteiger partial charge in [0.05, 0.1) is 11.7 Å². The average Bonchev–Trinajstić information content (AvgIpc) is 3.22. The summed E-state index contributed by atoms with van der Waals surface area (Å²) >= 11 is 0. The Kier molecular flexibility index (Phi) is 5.03. The lowest BCUT2D eigenvalue weighted by molar-refractivity contribution is -0.116. The summed E-state index contributed by atoms with van der Waals surface area (Å²) < 4.78 is 29.8. The number of hydrogen-bond donors (Lipinski definition) is 2. The molecule has 7 heteroatoms. The molecule has 0 radical (unpaired) electrons. The fourth-order valence-electron chi connectivity index (χ4n) is 4.89. The van der Waals surface area contributed by atoms with Crippen LogP contribution in [-0.2, 0) is 11.2 Å². The molecule has 0 spiro atoms. The van der Waals surface area contributed by atoms with Crippen molar-refractivity contribution < 1.29 is 18.4 Å². The third-order valence-corrected chi connectivity index (χ3v) is 5.94. The Labute approximate surface area is 168 Å². The molecule has 0 saturated carbocycles. The number of piperidine rings is 1. The van der Waals surface area contributed by atoms with Gasteiger partial charge in [-0.2, -0.15) is 0 Å². The standard InChI is InChI=1S/C22H23F2N3O2/c1-2-4-19(28)26-14-8-13(23)10-27(11-14)21-18(24)9-17(22(25)29)16-7-12-5-3-6-15(12)20(16)21/h9,13-14H,3,5-8,10-11H2,1H3,(H2,25,29)(H,26,28)/t13-,14-/m0/s1. The molecular weight excluding hydrogens is 376 g/mol. The summed E-state index contributed by atoms with van der Waals surface area (Å²) in [6, 6.07) is 0.702. The summed E-state index contributed by atoms with van der Waals surface area (Å²) in [4.78, 5) is 25.4. The molecule has 0 aromatic heterocycles. The lowest BCUT2D eigenvalue weighted by Crippen LogP contribution is -2.52. The first-order valence-electron chi connectivity index (χ1n) is 9.87. The highest BCUT2D eigenvalue weighted by Crippen LogP contribution is 2.49. The second-order valence-corrected chi connectivity index (χ2v) is 7.87. The molecule has 0 bridgehead atoms. The zero-order valence-corrected chi connectivity index (χ0v) is 16.3. The van der Waals surface area contributed by atoms with Crippen LogP contribution < -0.4 is 16.0 Å². The number of alkyl halides is 1. The fourth-order valence-corrected chi connectivity index (χ4v) is 4.89. The number of halogens is 2. The van der Waals surface area contributed by atoms with E-state index in [1.807, 2.05) is 0 Å². The predicted molar refractivity (Wildman–Crippen MR) is 106 cm³/mol. The molecule has 3 aliphatic rings. The minimum Gasteiger partial charge on any atom is -0.366 e. The Hall–Kier alpha value is -2.88. The maximum atomic E-state index is 15.2. The number of carbonyl (C=O) groups is 2. The number of fused-ring (bicyclic) bond motifs is 2. The van der Waals surface area contributed by atoms with Crippen LogP contribution in [0.25, 0.3) is 5.57 Å². The number of allylic oxidation sites excluding steroid dienone is 2. The maximum Gasteiger partial charge on any atom is 0.296 e. The van der Waals surface area contributed by atoms with Crippen molar-refractivity contribution in [2.75, 3.05) is 18.0 Å². The van der Waals surface area contributed by atoms with Crippen molar-refractivity contribution in [3.8, 4) is 11.8 Å². The molecule has 29 heavy (non-hydrogen) atoms. The number of nitrogens with zero attached hydrogens (tertiary/aromatic N) is 1. The lowest BCUT2D eigenvalue weighted by Gasteiger charge is -2.37. The first kappa shape index (κ1) is 19.4. The Morgan fingerprint density at radius 3 is 2.83 bits per heavy atom. The second kappa shape index (κ2) is 7.51. The molecule has 1 heterocycles. The summed E-state index contributed by atoms with van der Waals surface area (Å²) in [6.45, 7) is 1.86. The molecule has 152 valence electrons. The lowest BCUT2D eigenvalue weighted by atomic mass is 9.93. The topological polar surface area (TPSA) is 75.4 Å². The van der Waals surface area contributed by atoms with Crippen molar-refractivity contribution in [1.82, 2.24) is 5.32 Å². The van der Waals surface area contributed by atoms with Crippen LogP contribution in [0.5, 0.6) is 0 Å². The minimum atomic E-state index is -1.21. The maximum absolute atomic E-state index is 15.2. The van der Waals surface area contributed by atoms with E-state index in [2.05, 4.69) is 17.2 Å². The van der Waals surface area contributed by atoms with Gasteiger partial charge in [0.2, 0.25) is 5.91 Å². The van der Waals surface area contributed by atoms with Gasteiger partial charge in [0.1, 0.15) is 12.0 Å². The number of benzene rings is 1. The number of nitrogens with one attached hydrogen (secondary N) is 1. The fraction of sp³-hybridized carbons (Fsp3) is 0.455. The van der Waals surface area contributed by atoms with Gasteiger partial charge in [-0.1, -0.05) is 11.5 Å². The number of primary amides is 1. The van der Waals surface area contributed by atoms with E-state index in [9.17, 15) is 14.0 Å². The molecule has 2 atom stereocenters. The Morgan fingerprint density at radius 2 is 2.10 bits per heavy atom. The van der Waals surface area contributed by atoms with Gasteiger partial charge in [-0.25, -0.2) is 8.78 Å². The van der Waals surface area contributed by atoms with Crippen molar-refractivity contribution in [3.63, 3.8) is 0 Å². The summed E-state index contributed by atoms with van der Waals surface area (Å²) in [5.41, 5.74) is 9.76. The van der Waals surface area contributed by atoms with E-state index in [1.54, 1.807) is 11.8 Å². The van der Waals surface area contributed by atoms with Crippen molar-refractivity contribution in [2.45, 2.75) is 51.2 Å². The molecule has 2 amide bonds. The van der Waals surface area contributed by atoms with Crippen LogP contribution in [0, 0.1) is 17.7 Å². The molecule has 3 N–H and O–H groups in total. The highest BCUT2D eigenvalue weighted by molar-refractivity contribution is 6.00. The van der Waals surface area contributed by atoms with Gasteiger partial charge in [-0.15, -0.1) is 0 Å². The predicted octanol–water partition coefficient (Wildman–Crippen LogP) is 2.47. The normalized spacial score (nSPS) is 22.7. The second-order valence-electron chi connectivity index (χ2n) is 7.87. The molecule has 0 unspecified atom stereocenters. The molecule has 2 aliphatic carbocycles. The highest BCUT2D eigenvalue weighted by Gasteiger charge is 2.37. The van der Waals surface area contributed by atoms with Crippen LogP contribution in [0.15, 0.2) is 11.6 Å². The highest BCUT2D eigenvalue weighted by atomic mass is 19.1. The number of rotatable bonds is 3. The quantitative estimate of drug-likeness (QED) is 0.767. The van der Waals surface area contributed by atoms with E-state index < -0.39 is 29.8 Å². The van der Waals surface area contributed by atoms with Crippen LogP contribution in [-0.4, -0.2) is 37.1 Å². The SMILES string of the molecule is CC#CC(=O)N[C@H]1C[C@H](F)CN(c2c(F)cc(C(N)=O)c3c2C2=C(CCC2)C3)C1. The molecule has 5 nitrogen and oxygen atoms in total. The molecular formula is C22H23F2N3O2. The van der Waals surface area contributed by atoms with Crippen molar-refractivity contribution in [2.24, 2.45) is 5.73 Å². The van der Waals surface area contributed by atoms with Gasteiger partial charge in [0.15, 0.2) is 0 Å². The van der Waals surface area contributed by atoms with Gasteiger partial charge < -0.3 is 16.0 Å². The van der Waals surface area contributed by atoms with Gasteiger partial charge in [0, 0.05) is 30.6 Å². The van der Waals surface area contributed by atoms with Gasteiger partial charge >= 0.3 is 0 Å². The molecule has 1 fully saturated rings. The number of hydrogen-bond acceptors (Lipinski definition) is 3. The monoisotopic (exact) mass is 399 g/mol. The zero-order chi connectivity index (χ0) is 20.7.